The number of pyridine rings is 1. The lowest BCUT2D eigenvalue weighted by Crippen LogP contribution is -2.41. The van der Waals surface area contributed by atoms with E-state index in [9.17, 15) is 18.0 Å². The van der Waals surface area contributed by atoms with Gasteiger partial charge in [0, 0.05) is 43.6 Å². The molecular formula is C27H33F3N4O3. The van der Waals surface area contributed by atoms with E-state index in [1.54, 1.807) is 13.3 Å². The first kappa shape index (κ1) is 25.8. The lowest BCUT2D eigenvalue weighted by molar-refractivity contribution is -0.185. The number of piperidine rings is 1. The third-order valence-electron chi connectivity index (χ3n) is 7.59. The van der Waals surface area contributed by atoms with E-state index in [-0.39, 0.29) is 17.9 Å². The maximum absolute atomic E-state index is 13.9. The van der Waals surface area contributed by atoms with E-state index in [2.05, 4.69) is 10.3 Å². The van der Waals surface area contributed by atoms with Gasteiger partial charge in [0.2, 0.25) is 5.91 Å². The van der Waals surface area contributed by atoms with E-state index in [4.69, 9.17) is 9.47 Å². The van der Waals surface area contributed by atoms with Gasteiger partial charge in [-0.25, -0.2) is 4.98 Å². The van der Waals surface area contributed by atoms with Gasteiger partial charge < -0.3 is 24.6 Å². The molecule has 2 aliphatic heterocycles. The number of methoxy groups -OCH3 is 1. The Morgan fingerprint density at radius 1 is 1.14 bits per heavy atom. The van der Waals surface area contributed by atoms with Crippen LogP contribution in [0.25, 0.3) is 0 Å². The molecule has 1 N–H and O–H groups in total. The molecule has 37 heavy (non-hydrogen) atoms. The fourth-order valence-electron chi connectivity index (χ4n) is 5.59. The van der Waals surface area contributed by atoms with Crippen molar-refractivity contribution in [3.63, 3.8) is 0 Å². The van der Waals surface area contributed by atoms with E-state index in [1.807, 2.05) is 40.1 Å². The van der Waals surface area contributed by atoms with Crippen LogP contribution in [0.4, 0.5) is 36.1 Å². The van der Waals surface area contributed by atoms with E-state index in [1.165, 1.54) is 0 Å². The van der Waals surface area contributed by atoms with Crippen LogP contribution in [0, 0.1) is 5.92 Å². The van der Waals surface area contributed by atoms with Crippen molar-refractivity contribution in [3.05, 3.63) is 42.1 Å². The zero-order chi connectivity index (χ0) is 26.0. The van der Waals surface area contributed by atoms with Gasteiger partial charge in [-0.05, 0) is 62.8 Å². The number of nitrogens with one attached hydrogen (secondary N) is 1. The average molecular weight is 519 g/mol. The van der Waals surface area contributed by atoms with Crippen LogP contribution in [-0.2, 0) is 20.8 Å². The van der Waals surface area contributed by atoms with Crippen LogP contribution in [0.3, 0.4) is 0 Å². The van der Waals surface area contributed by atoms with E-state index < -0.39 is 18.9 Å². The number of ether oxygens (including phenoxy) is 2. The standard InChI is InChI=1S/C27H33F3N4O3/c1-36-21-9-6-18(7-10-21)26(35)34-15-19-4-2-12-31-25(19)32-23-11-8-20(14-24(23)34)33-13-3-5-22(16-33)37-17-27(28,29)30/h2,4,8,11-12,14,18,21-22H,3,5-7,9-10,13,15-17H2,1H3,(H,31,32). The number of benzene rings is 1. The molecule has 1 unspecified atom stereocenters. The zero-order valence-corrected chi connectivity index (χ0v) is 21.0. The molecule has 1 amide bonds. The van der Waals surface area contributed by atoms with Crippen LogP contribution in [0.15, 0.2) is 36.5 Å². The van der Waals surface area contributed by atoms with Gasteiger partial charge in [0.05, 0.1) is 30.1 Å². The summed E-state index contributed by atoms with van der Waals surface area (Å²) in [5, 5.41) is 3.39. The number of amides is 1. The number of aromatic nitrogens is 1. The number of carbonyl (C=O) groups is 1. The summed E-state index contributed by atoms with van der Waals surface area (Å²) in [6.07, 6.45) is 1.69. The van der Waals surface area contributed by atoms with Crippen LogP contribution in [0.2, 0.25) is 0 Å². The smallest absolute Gasteiger partial charge is 0.381 e. The summed E-state index contributed by atoms with van der Waals surface area (Å²) < 4.78 is 48.7. The summed E-state index contributed by atoms with van der Waals surface area (Å²) in [5.41, 5.74) is 3.33. The Morgan fingerprint density at radius 2 is 1.95 bits per heavy atom. The van der Waals surface area contributed by atoms with Gasteiger partial charge in [-0.2, -0.15) is 13.2 Å². The first-order valence-electron chi connectivity index (χ1n) is 12.9. The molecule has 5 rings (SSSR count). The first-order valence-corrected chi connectivity index (χ1v) is 12.9. The molecule has 1 aromatic heterocycles. The summed E-state index contributed by atoms with van der Waals surface area (Å²) in [6.45, 7) is 0.249. The molecule has 1 saturated carbocycles. The van der Waals surface area contributed by atoms with Gasteiger partial charge in [0.25, 0.3) is 0 Å². The molecule has 0 bridgehead atoms. The molecule has 1 aromatic carbocycles. The maximum Gasteiger partial charge on any atom is 0.411 e. The Hall–Kier alpha value is -2.85. The van der Waals surface area contributed by atoms with Crippen LogP contribution < -0.4 is 15.1 Å². The fraction of sp³-hybridized carbons (Fsp3) is 0.556. The molecular weight excluding hydrogens is 485 g/mol. The summed E-state index contributed by atoms with van der Waals surface area (Å²) in [4.78, 5) is 22.3. The van der Waals surface area contributed by atoms with Crippen molar-refractivity contribution in [1.29, 1.82) is 0 Å². The number of hydrogen-bond donors (Lipinski definition) is 1. The van der Waals surface area contributed by atoms with Crippen molar-refractivity contribution in [1.82, 2.24) is 4.98 Å². The molecule has 0 radical (unpaired) electrons. The molecule has 1 atom stereocenters. The predicted octanol–water partition coefficient (Wildman–Crippen LogP) is 5.42. The highest BCUT2D eigenvalue weighted by atomic mass is 19.4. The van der Waals surface area contributed by atoms with Gasteiger partial charge in [0.1, 0.15) is 12.4 Å². The van der Waals surface area contributed by atoms with E-state index in [0.717, 1.165) is 61.3 Å². The number of anilines is 4. The van der Waals surface area contributed by atoms with Gasteiger partial charge in [-0.3, -0.25) is 4.79 Å². The second-order valence-electron chi connectivity index (χ2n) is 10.1. The number of rotatable bonds is 5. The minimum absolute atomic E-state index is 0.0801. The van der Waals surface area contributed by atoms with Gasteiger partial charge in [0.15, 0.2) is 0 Å². The largest absolute Gasteiger partial charge is 0.411 e. The topological polar surface area (TPSA) is 66.9 Å². The Balaban J connectivity index is 1.41. The SMILES string of the molecule is COC1CCC(C(=O)N2Cc3cccnc3Nc3ccc(N4CCCC(OCC(F)(F)F)C4)cc32)CC1. The van der Waals surface area contributed by atoms with Crippen LogP contribution >= 0.6 is 0 Å². The third-order valence-corrected chi connectivity index (χ3v) is 7.59. The Kier molecular flexibility index (Phi) is 7.57. The van der Waals surface area contributed by atoms with Crippen molar-refractivity contribution in [2.75, 3.05) is 41.9 Å². The Labute approximate surface area is 214 Å². The van der Waals surface area contributed by atoms with Crippen LogP contribution in [-0.4, -0.2) is 56.1 Å². The van der Waals surface area contributed by atoms with Crippen molar-refractivity contribution in [3.8, 4) is 0 Å². The second kappa shape index (κ2) is 10.9. The molecule has 0 spiro atoms. The lowest BCUT2D eigenvalue weighted by Gasteiger charge is -2.36. The Bertz CT molecular complexity index is 1100. The number of alkyl halides is 3. The normalized spacial score (nSPS) is 24.1. The summed E-state index contributed by atoms with van der Waals surface area (Å²) in [6, 6.07) is 9.68. The van der Waals surface area contributed by atoms with Gasteiger partial charge >= 0.3 is 6.18 Å². The van der Waals surface area contributed by atoms with Crippen molar-refractivity contribution in [2.24, 2.45) is 5.92 Å². The molecule has 3 aliphatic rings. The quantitative estimate of drug-likeness (QED) is 0.570. The van der Waals surface area contributed by atoms with Gasteiger partial charge in [-0.15, -0.1) is 0 Å². The molecule has 2 fully saturated rings. The van der Waals surface area contributed by atoms with Gasteiger partial charge in [-0.1, -0.05) is 6.07 Å². The zero-order valence-electron chi connectivity index (χ0n) is 21.0. The minimum Gasteiger partial charge on any atom is -0.381 e. The van der Waals surface area contributed by atoms with Crippen LogP contribution in [0.5, 0.6) is 0 Å². The lowest BCUT2D eigenvalue weighted by atomic mass is 9.86. The fourth-order valence-corrected chi connectivity index (χ4v) is 5.59. The highest BCUT2D eigenvalue weighted by Crippen LogP contribution is 2.40. The maximum atomic E-state index is 13.9. The predicted molar refractivity (Wildman–Crippen MR) is 135 cm³/mol. The van der Waals surface area contributed by atoms with Crippen molar-refractivity contribution >= 4 is 28.8 Å². The van der Waals surface area contributed by atoms with Crippen molar-refractivity contribution in [2.45, 2.75) is 63.5 Å². The second-order valence-corrected chi connectivity index (χ2v) is 10.1. The summed E-state index contributed by atoms with van der Waals surface area (Å²) >= 11 is 0. The molecule has 10 heteroatoms. The number of hydrogen-bond acceptors (Lipinski definition) is 6. The highest BCUT2D eigenvalue weighted by molar-refractivity contribution is 6.00. The average Bonchev–Trinajstić information content (AvgIpc) is 3.08. The third kappa shape index (κ3) is 6.01. The van der Waals surface area contributed by atoms with Crippen LogP contribution in [0.1, 0.15) is 44.1 Å². The number of halogens is 3. The monoisotopic (exact) mass is 518 g/mol. The summed E-state index contributed by atoms with van der Waals surface area (Å²) in [5.74, 6) is 0.709. The highest BCUT2D eigenvalue weighted by Gasteiger charge is 2.34. The van der Waals surface area contributed by atoms with E-state index in [0.29, 0.717) is 25.3 Å². The number of nitrogens with zero attached hydrogens (tertiary/aromatic N) is 3. The van der Waals surface area contributed by atoms with E-state index >= 15 is 0 Å². The number of carbonyl (C=O) groups excluding carboxylic acids is 1. The minimum atomic E-state index is -4.34. The molecule has 3 heterocycles. The molecule has 1 saturated heterocycles. The molecule has 2 aromatic rings. The Morgan fingerprint density at radius 3 is 2.70 bits per heavy atom. The molecule has 200 valence electrons. The number of fused-ring (bicyclic) bond motifs is 2. The molecule has 1 aliphatic carbocycles. The summed E-state index contributed by atoms with van der Waals surface area (Å²) in [7, 11) is 1.72. The first-order chi connectivity index (χ1) is 17.8. The van der Waals surface area contributed by atoms with Crippen molar-refractivity contribution < 1.29 is 27.4 Å². The molecule has 7 nitrogen and oxygen atoms in total.